The van der Waals surface area contributed by atoms with E-state index in [0.29, 0.717) is 34.4 Å². The Kier molecular flexibility index (Phi) is 8.92. The van der Waals surface area contributed by atoms with E-state index >= 15 is 0 Å². The van der Waals surface area contributed by atoms with E-state index in [9.17, 15) is 14.4 Å². The van der Waals surface area contributed by atoms with Gasteiger partial charge in [-0.3, -0.25) is 19.5 Å². The molecular formula is C21H27N3O4S. The maximum atomic E-state index is 12.7. The molecule has 1 aromatic carbocycles. The van der Waals surface area contributed by atoms with Crippen LogP contribution in [0.5, 0.6) is 0 Å². The summed E-state index contributed by atoms with van der Waals surface area (Å²) in [5.41, 5.74) is 0.916. The summed E-state index contributed by atoms with van der Waals surface area (Å²) < 4.78 is 4.65. The van der Waals surface area contributed by atoms with Gasteiger partial charge in [0.2, 0.25) is 5.91 Å². The van der Waals surface area contributed by atoms with Gasteiger partial charge in [-0.15, -0.1) is 0 Å². The zero-order valence-electron chi connectivity index (χ0n) is 17.1. The third-order valence-corrected chi connectivity index (χ3v) is 5.26. The lowest BCUT2D eigenvalue weighted by molar-refractivity contribution is -0.122. The molecule has 0 aliphatic carbocycles. The summed E-state index contributed by atoms with van der Waals surface area (Å²) in [5, 5.41) is 3.37. The second-order valence-corrected chi connectivity index (χ2v) is 7.51. The molecule has 1 aliphatic rings. The number of hydrogen-bond acceptors (Lipinski definition) is 6. The van der Waals surface area contributed by atoms with Crippen molar-refractivity contribution >= 4 is 40.4 Å². The number of anilines is 1. The highest BCUT2D eigenvalue weighted by Crippen LogP contribution is 2.31. The van der Waals surface area contributed by atoms with Crippen molar-refractivity contribution in [2.24, 2.45) is 4.99 Å². The van der Waals surface area contributed by atoms with Crippen LogP contribution in [0.4, 0.5) is 5.69 Å². The second-order valence-electron chi connectivity index (χ2n) is 6.50. The lowest BCUT2D eigenvalue weighted by atomic mass is 10.2. The van der Waals surface area contributed by atoms with Crippen LogP contribution in [-0.2, 0) is 14.3 Å². The zero-order chi connectivity index (χ0) is 21.2. The monoisotopic (exact) mass is 417 g/mol. The second kappa shape index (κ2) is 11.4. The Balaban J connectivity index is 2.08. The predicted octanol–water partition coefficient (Wildman–Crippen LogP) is 3.83. The van der Waals surface area contributed by atoms with Crippen LogP contribution < -0.4 is 5.32 Å². The largest absolute Gasteiger partial charge is 0.465 e. The van der Waals surface area contributed by atoms with Gasteiger partial charge in [0.05, 0.1) is 17.6 Å². The minimum Gasteiger partial charge on any atom is -0.465 e. The van der Waals surface area contributed by atoms with E-state index in [0.717, 1.165) is 25.7 Å². The van der Waals surface area contributed by atoms with Gasteiger partial charge < -0.3 is 10.1 Å². The van der Waals surface area contributed by atoms with Gasteiger partial charge in [0, 0.05) is 24.9 Å². The summed E-state index contributed by atoms with van der Waals surface area (Å²) in [6.45, 7) is 5.43. The van der Waals surface area contributed by atoms with Crippen LogP contribution in [0.15, 0.2) is 40.2 Å². The van der Waals surface area contributed by atoms with Gasteiger partial charge in [-0.05, 0) is 48.9 Å². The smallest absolute Gasteiger partial charge is 0.337 e. The van der Waals surface area contributed by atoms with Crippen LogP contribution in [0.2, 0.25) is 0 Å². The first-order valence-corrected chi connectivity index (χ1v) is 10.6. The fourth-order valence-corrected chi connectivity index (χ4v) is 3.58. The minimum atomic E-state index is -0.444. The zero-order valence-corrected chi connectivity index (χ0v) is 17.9. The number of benzene rings is 1. The van der Waals surface area contributed by atoms with Crippen LogP contribution in [0.3, 0.4) is 0 Å². The number of carbonyl (C=O) groups excluding carboxylic acids is 3. The molecule has 1 N–H and O–H groups in total. The Morgan fingerprint density at radius 2 is 1.86 bits per heavy atom. The molecule has 0 radical (unpaired) electrons. The highest BCUT2D eigenvalue weighted by molar-refractivity contribution is 8.18. The van der Waals surface area contributed by atoms with E-state index in [1.807, 2.05) is 0 Å². The van der Waals surface area contributed by atoms with E-state index in [2.05, 4.69) is 28.9 Å². The number of amidine groups is 1. The van der Waals surface area contributed by atoms with Crippen LogP contribution in [0.25, 0.3) is 0 Å². The van der Waals surface area contributed by atoms with E-state index in [4.69, 9.17) is 0 Å². The highest BCUT2D eigenvalue weighted by atomic mass is 32.2. The van der Waals surface area contributed by atoms with Crippen molar-refractivity contribution in [1.82, 2.24) is 4.90 Å². The molecule has 0 bridgehead atoms. The molecule has 1 heterocycles. The number of nitrogens with one attached hydrogen (secondary N) is 1. The summed E-state index contributed by atoms with van der Waals surface area (Å²) in [6, 6.07) is 6.35. The molecule has 156 valence electrons. The molecule has 0 aromatic heterocycles. The molecule has 1 saturated heterocycles. The average Bonchev–Trinajstić information content (AvgIpc) is 3.01. The summed E-state index contributed by atoms with van der Waals surface area (Å²) in [5.74, 6) is -1.04. The highest BCUT2D eigenvalue weighted by Gasteiger charge is 2.33. The number of rotatable bonds is 9. The lowest BCUT2D eigenvalue weighted by Crippen LogP contribution is -2.30. The fourth-order valence-electron chi connectivity index (χ4n) is 2.58. The standard InChI is InChI=1S/C21H27N3O4S/c1-4-6-12-22-21-24(13-7-5-2)19(26)17(29-21)14-18(25)23-16-10-8-15(9-11-16)20(27)28-3/h8-11,14H,4-7,12-13H2,1-3H3,(H,23,25). The molecule has 7 nitrogen and oxygen atoms in total. The lowest BCUT2D eigenvalue weighted by Gasteiger charge is -2.14. The number of carbonyl (C=O) groups is 3. The van der Waals surface area contributed by atoms with Crippen LogP contribution in [0, 0.1) is 0 Å². The summed E-state index contributed by atoms with van der Waals surface area (Å²) in [6.07, 6.45) is 5.15. The van der Waals surface area contributed by atoms with Crippen LogP contribution in [0.1, 0.15) is 49.9 Å². The number of nitrogens with zero attached hydrogens (tertiary/aromatic N) is 2. The van der Waals surface area contributed by atoms with Crippen molar-refractivity contribution in [3.8, 4) is 0 Å². The Morgan fingerprint density at radius 1 is 1.17 bits per heavy atom. The number of thioether (sulfide) groups is 1. The molecule has 8 heteroatoms. The van der Waals surface area contributed by atoms with Crippen molar-refractivity contribution in [2.75, 3.05) is 25.5 Å². The Hall–Kier alpha value is -2.61. The molecule has 1 aromatic rings. The first-order valence-electron chi connectivity index (χ1n) is 9.75. The van der Waals surface area contributed by atoms with Crippen LogP contribution >= 0.6 is 11.8 Å². The van der Waals surface area contributed by atoms with Crippen LogP contribution in [-0.4, -0.2) is 48.1 Å². The molecular weight excluding hydrogens is 390 g/mol. The van der Waals surface area contributed by atoms with Gasteiger partial charge in [-0.1, -0.05) is 26.7 Å². The average molecular weight is 418 g/mol. The van der Waals surface area contributed by atoms with Gasteiger partial charge in [0.15, 0.2) is 5.17 Å². The van der Waals surface area contributed by atoms with E-state index in [1.54, 1.807) is 29.2 Å². The minimum absolute atomic E-state index is 0.185. The Labute approximate surface area is 175 Å². The van der Waals surface area contributed by atoms with Gasteiger partial charge in [-0.25, -0.2) is 4.79 Å². The summed E-state index contributed by atoms with van der Waals surface area (Å²) in [4.78, 5) is 43.1. The predicted molar refractivity (Wildman–Crippen MR) is 116 cm³/mol. The van der Waals surface area contributed by atoms with E-state index < -0.39 is 11.9 Å². The molecule has 1 aliphatic heterocycles. The van der Waals surface area contributed by atoms with E-state index in [1.165, 1.54) is 24.9 Å². The molecule has 2 amide bonds. The van der Waals surface area contributed by atoms with E-state index in [-0.39, 0.29) is 5.91 Å². The molecule has 0 atom stereocenters. The van der Waals surface area contributed by atoms with Gasteiger partial charge in [-0.2, -0.15) is 0 Å². The number of aliphatic imine (C=N–C) groups is 1. The maximum Gasteiger partial charge on any atom is 0.337 e. The van der Waals surface area contributed by atoms with Crippen molar-refractivity contribution in [3.63, 3.8) is 0 Å². The first kappa shape index (κ1) is 22.7. The first-order chi connectivity index (χ1) is 14.0. The van der Waals surface area contributed by atoms with Crippen molar-refractivity contribution in [3.05, 3.63) is 40.8 Å². The molecule has 0 spiro atoms. The Morgan fingerprint density at radius 3 is 2.48 bits per heavy atom. The molecule has 2 rings (SSSR count). The topological polar surface area (TPSA) is 88.1 Å². The third kappa shape index (κ3) is 6.45. The van der Waals surface area contributed by atoms with Crippen molar-refractivity contribution in [2.45, 2.75) is 39.5 Å². The van der Waals surface area contributed by atoms with Gasteiger partial charge in [0.1, 0.15) is 0 Å². The molecule has 0 saturated carbocycles. The molecule has 29 heavy (non-hydrogen) atoms. The summed E-state index contributed by atoms with van der Waals surface area (Å²) in [7, 11) is 1.31. The molecule has 0 unspecified atom stereocenters. The van der Waals surface area contributed by atoms with Gasteiger partial charge in [0.25, 0.3) is 5.91 Å². The molecule has 1 fully saturated rings. The quantitative estimate of drug-likeness (QED) is 0.375. The van der Waals surface area contributed by atoms with Crippen molar-refractivity contribution in [1.29, 1.82) is 0 Å². The maximum absolute atomic E-state index is 12.7. The third-order valence-electron chi connectivity index (χ3n) is 4.22. The number of ether oxygens (including phenoxy) is 1. The van der Waals surface area contributed by atoms with Gasteiger partial charge >= 0.3 is 5.97 Å². The number of amides is 2. The SMILES string of the molecule is CCCCN=C1SC(=CC(=O)Nc2ccc(C(=O)OC)cc2)C(=O)N1CCCC. The number of hydrogen-bond donors (Lipinski definition) is 1. The van der Waals surface area contributed by atoms with Crippen molar-refractivity contribution < 1.29 is 19.1 Å². The summed E-state index contributed by atoms with van der Waals surface area (Å²) >= 11 is 1.24. The number of esters is 1. The normalized spacial score (nSPS) is 16.5. The Bertz CT molecular complexity index is 803. The fraction of sp³-hybridized carbons (Fsp3) is 0.429. The number of methoxy groups -OCH3 is 1. The number of unbranched alkanes of at least 4 members (excludes halogenated alkanes) is 2.